The standard InChI is InChI=1S/C38H29N3/c1-3-4-16-28-25(2)21-22-33-34(28)36-35-31-19-10-11-20-32(31)41(27-15-12-23-39-24-27)37(35)29-17-8-9-18-30(29)38(36)40(33)26-13-6-5-7-14-26/h3-23,27H,1,24H2,2H3/b16-4-. The molecule has 0 N–H and O–H groups in total. The molecule has 3 heterocycles. The number of aromatic nitrogens is 2. The van der Waals surface area contributed by atoms with E-state index in [1.54, 1.807) is 0 Å². The molecule has 0 saturated heterocycles. The van der Waals surface area contributed by atoms with Crippen molar-refractivity contribution in [3.05, 3.63) is 133 Å². The number of fused-ring (bicyclic) bond motifs is 10. The lowest BCUT2D eigenvalue weighted by Crippen LogP contribution is -2.12. The van der Waals surface area contributed by atoms with E-state index in [0.717, 1.165) is 12.2 Å². The molecule has 3 heteroatoms. The fourth-order valence-electron chi connectivity index (χ4n) is 6.89. The zero-order valence-electron chi connectivity index (χ0n) is 23.0. The molecule has 1 aliphatic rings. The summed E-state index contributed by atoms with van der Waals surface area (Å²) in [5.74, 6) is 0. The maximum absolute atomic E-state index is 4.67. The molecule has 2 aromatic heterocycles. The van der Waals surface area contributed by atoms with Crippen molar-refractivity contribution >= 4 is 66.7 Å². The van der Waals surface area contributed by atoms with Crippen LogP contribution in [0.4, 0.5) is 0 Å². The number of aliphatic imine (C=N–C) groups is 1. The largest absolute Gasteiger partial charge is 0.331 e. The van der Waals surface area contributed by atoms with E-state index in [1.807, 2.05) is 12.3 Å². The van der Waals surface area contributed by atoms with E-state index in [2.05, 4.69) is 143 Å². The van der Waals surface area contributed by atoms with E-state index in [-0.39, 0.29) is 6.04 Å². The highest BCUT2D eigenvalue weighted by atomic mass is 15.0. The van der Waals surface area contributed by atoms with Crippen molar-refractivity contribution in [2.45, 2.75) is 13.0 Å². The molecule has 196 valence electrons. The fraction of sp³-hybridized carbons (Fsp3) is 0.0789. The molecule has 41 heavy (non-hydrogen) atoms. The second kappa shape index (κ2) is 9.21. The van der Waals surface area contributed by atoms with Gasteiger partial charge in [0.05, 0.1) is 29.1 Å². The van der Waals surface area contributed by atoms with Crippen LogP contribution in [0.3, 0.4) is 0 Å². The first-order chi connectivity index (χ1) is 20.3. The predicted molar refractivity (Wildman–Crippen MR) is 177 cm³/mol. The van der Waals surface area contributed by atoms with Gasteiger partial charge in [0.2, 0.25) is 0 Å². The quantitative estimate of drug-likeness (QED) is 0.203. The fourth-order valence-corrected chi connectivity index (χ4v) is 6.89. The minimum absolute atomic E-state index is 0.146. The number of hydrogen-bond acceptors (Lipinski definition) is 1. The van der Waals surface area contributed by atoms with Crippen LogP contribution in [-0.4, -0.2) is 21.9 Å². The van der Waals surface area contributed by atoms with E-state index >= 15 is 0 Å². The number of aryl methyl sites for hydroxylation is 1. The Balaban J connectivity index is 1.74. The van der Waals surface area contributed by atoms with Gasteiger partial charge in [-0.05, 0) is 48.4 Å². The normalized spacial score (nSPS) is 15.4. The molecule has 3 nitrogen and oxygen atoms in total. The monoisotopic (exact) mass is 527 g/mol. The average molecular weight is 528 g/mol. The third kappa shape index (κ3) is 3.36. The van der Waals surface area contributed by atoms with Gasteiger partial charge in [-0.1, -0.05) is 97.6 Å². The van der Waals surface area contributed by atoms with Crippen LogP contribution >= 0.6 is 0 Å². The van der Waals surface area contributed by atoms with Gasteiger partial charge in [0.1, 0.15) is 0 Å². The summed E-state index contributed by atoms with van der Waals surface area (Å²) in [5.41, 5.74) is 8.60. The molecule has 0 fully saturated rings. The van der Waals surface area contributed by atoms with E-state index < -0.39 is 0 Å². The Morgan fingerprint density at radius 3 is 2.24 bits per heavy atom. The number of dihydropyridines is 1. The summed E-state index contributed by atoms with van der Waals surface area (Å²) in [6.07, 6.45) is 12.4. The predicted octanol–water partition coefficient (Wildman–Crippen LogP) is 9.73. The Morgan fingerprint density at radius 2 is 1.49 bits per heavy atom. The van der Waals surface area contributed by atoms with Crippen LogP contribution < -0.4 is 0 Å². The SMILES string of the molecule is C=C/C=C\c1c(C)ccc2c1c1c3c4ccccc4n(C4C=CC=NC4)c3c3ccccc3c1n2-c1ccccc1. The van der Waals surface area contributed by atoms with Gasteiger partial charge < -0.3 is 9.13 Å². The second-order valence-corrected chi connectivity index (χ2v) is 10.8. The number of nitrogens with zero attached hydrogens (tertiary/aromatic N) is 3. The third-order valence-electron chi connectivity index (χ3n) is 8.55. The number of allylic oxidation sites excluding steroid dienone is 3. The topological polar surface area (TPSA) is 22.2 Å². The van der Waals surface area contributed by atoms with Gasteiger partial charge in [0.25, 0.3) is 0 Å². The van der Waals surface area contributed by atoms with Crippen molar-refractivity contribution in [2.75, 3.05) is 6.54 Å². The Morgan fingerprint density at radius 1 is 0.756 bits per heavy atom. The summed E-state index contributed by atoms with van der Waals surface area (Å²) in [6.45, 7) is 6.91. The molecule has 7 aromatic rings. The lowest BCUT2D eigenvalue weighted by Gasteiger charge is -2.19. The molecule has 0 spiro atoms. The molecule has 8 rings (SSSR count). The van der Waals surface area contributed by atoms with Gasteiger partial charge in [-0.2, -0.15) is 0 Å². The van der Waals surface area contributed by atoms with Crippen LogP contribution in [0.25, 0.3) is 66.1 Å². The second-order valence-electron chi connectivity index (χ2n) is 10.8. The molecular weight excluding hydrogens is 498 g/mol. The average Bonchev–Trinajstić information content (AvgIpc) is 3.55. The molecule has 0 bridgehead atoms. The van der Waals surface area contributed by atoms with Crippen molar-refractivity contribution in [3.8, 4) is 5.69 Å². The molecule has 1 aliphatic heterocycles. The summed E-state index contributed by atoms with van der Waals surface area (Å²) in [6, 6.07) is 33.3. The molecule has 0 saturated carbocycles. The summed E-state index contributed by atoms with van der Waals surface area (Å²) in [5, 5.41) is 7.65. The Labute approximate surface area is 238 Å². The highest BCUT2D eigenvalue weighted by Gasteiger charge is 2.26. The summed E-state index contributed by atoms with van der Waals surface area (Å²) in [7, 11) is 0. The number of rotatable bonds is 4. The number of para-hydroxylation sites is 2. The van der Waals surface area contributed by atoms with Gasteiger partial charge in [-0.15, -0.1) is 0 Å². The van der Waals surface area contributed by atoms with Gasteiger partial charge in [0.15, 0.2) is 0 Å². The molecule has 0 radical (unpaired) electrons. The van der Waals surface area contributed by atoms with Crippen molar-refractivity contribution in [1.82, 2.24) is 9.13 Å². The Bertz CT molecular complexity index is 2250. The highest BCUT2D eigenvalue weighted by Crippen LogP contribution is 2.48. The van der Waals surface area contributed by atoms with Gasteiger partial charge in [-0.3, -0.25) is 4.99 Å². The van der Waals surface area contributed by atoms with Gasteiger partial charge in [0, 0.05) is 49.7 Å². The lowest BCUT2D eigenvalue weighted by molar-refractivity contribution is 0.653. The number of benzene rings is 5. The van der Waals surface area contributed by atoms with Gasteiger partial charge >= 0.3 is 0 Å². The third-order valence-corrected chi connectivity index (χ3v) is 8.55. The van der Waals surface area contributed by atoms with Crippen LogP contribution in [-0.2, 0) is 0 Å². The molecule has 0 aliphatic carbocycles. The van der Waals surface area contributed by atoms with Crippen molar-refractivity contribution in [3.63, 3.8) is 0 Å². The first-order valence-corrected chi connectivity index (χ1v) is 14.2. The van der Waals surface area contributed by atoms with Crippen molar-refractivity contribution in [1.29, 1.82) is 0 Å². The molecule has 5 aromatic carbocycles. The summed E-state index contributed by atoms with van der Waals surface area (Å²) in [4.78, 5) is 4.67. The van der Waals surface area contributed by atoms with Crippen LogP contribution in [0.2, 0.25) is 0 Å². The molecular formula is C38H29N3. The van der Waals surface area contributed by atoms with Crippen molar-refractivity contribution in [2.24, 2.45) is 4.99 Å². The van der Waals surface area contributed by atoms with E-state index in [4.69, 9.17) is 0 Å². The van der Waals surface area contributed by atoms with Crippen molar-refractivity contribution < 1.29 is 0 Å². The van der Waals surface area contributed by atoms with E-state index in [0.29, 0.717) is 0 Å². The molecule has 1 unspecified atom stereocenters. The zero-order chi connectivity index (χ0) is 27.5. The van der Waals surface area contributed by atoms with Crippen LogP contribution in [0, 0.1) is 6.92 Å². The number of hydrogen-bond donors (Lipinski definition) is 0. The van der Waals surface area contributed by atoms with Gasteiger partial charge in [-0.25, -0.2) is 0 Å². The Kier molecular flexibility index (Phi) is 5.33. The minimum Gasteiger partial charge on any atom is -0.331 e. The highest BCUT2D eigenvalue weighted by molar-refractivity contribution is 6.38. The van der Waals surface area contributed by atoms with E-state index in [9.17, 15) is 0 Å². The molecule has 0 amide bonds. The van der Waals surface area contributed by atoms with Crippen LogP contribution in [0.5, 0.6) is 0 Å². The molecule has 1 atom stereocenters. The van der Waals surface area contributed by atoms with E-state index in [1.165, 1.54) is 65.5 Å². The van der Waals surface area contributed by atoms with Crippen LogP contribution in [0.15, 0.2) is 127 Å². The zero-order valence-corrected chi connectivity index (χ0v) is 23.0. The Hall–Kier alpha value is -5.15. The van der Waals surface area contributed by atoms with Crippen LogP contribution in [0.1, 0.15) is 17.2 Å². The maximum atomic E-state index is 4.67. The minimum atomic E-state index is 0.146. The summed E-state index contributed by atoms with van der Waals surface area (Å²) >= 11 is 0. The smallest absolute Gasteiger partial charge is 0.0722 e. The first-order valence-electron chi connectivity index (χ1n) is 14.2. The summed E-state index contributed by atoms with van der Waals surface area (Å²) < 4.78 is 4.99. The maximum Gasteiger partial charge on any atom is 0.0722 e. The first kappa shape index (κ1) is 23.7. The lowest BCUT2D eigenvalue weighted by atomic mass is 9.95.